The highest BCUT2D eigenvalue weighted by atomic mass is 32.1. The minimum Gasteiger partial charge on any atom is -0.404 e. The molecule has 0 saturated carbocycles. The third-order valence-electron chi connectivity index (χ3n) is 8.89. The van der Waals surface area contributed by atoms with Crippen LogP contribution < -0.4 is 20.7 Å². The molecule has 5 rings (SSSR count). The lowest BCUT2D eigenvalue weighted by atomic mass is 10.0. The van der Waals surface area contributed by atoms with Crippen molar-refractivity contribution >= 4 is 45.2 Å². The van der Waals surface area contributed by atoms with Crippen molar-refractivity contribution in [3.05, 3.63) is 46.8 Å². The van der Waals surface area contributed by atoms with E-state index in [1.807, 2.05) is 30.9 Å². The van der Waals surface area contributed by atoms with Crippen LogP contribution in [0.15, 0.2) is 36.4 Å². The van der Waals surface area contributed by atoms with E-state index in [0.717, 1.165) is 17.4 Å². The van der Waals surface area contributed by atoms with Crippen LogP contribution in [0.3, 0.4) is 0 Å². The van der Waals surface area contributed by atoms with E-state index in [4.69, 9.17) is 0 Å². The summed E-state index contributed by atoms with van der Waals surface area (Å²) in [6.45, 7) is 0.715. The zero-order chi connectivity index (χ0) is 34.9. The highest BCUT2D eigenvalue weighted by Crippen LogP contribution is 2.51. The number of piperidine rings is 1. The number of rotatable bonds is 8. The summed E-state index contributed by atoms with van der Waals surface area (Å²) < 4.78 is 114. The van der Waals surface area contributed by atoms with E-state index in [1.54, 1.807) is 18.2 Å². The van der Waals surface area contributed by atoms with Crippen LogP contribution in [0.4, 0.5) is 42.1 Å². The Morgan fingerprint density at radius 3 is 2.44 bits per heavy atom. The van der Waals surface area contributed by atoms with Gasteiger partial charge in [0.15, 0.2) is 5.75 Å². The molecule has 0 unspecified atom stereocenters. The summed E-state index contributed by atoms with van der Waals surface area (Å²) >= 11 is 1.05. The Morgan fingerprint density at radius 2 is 1.79 bits per heavy atom. The largest absolute Gasteiger partial charge is 0.573 e. The van der Waals surface area contributed by atoms with Gasteiger partial charge < -0.3 is 29.7 Å². The van der Waals surface area contributed by atoms with Crippen molar-refractivity contribution in [2.75, 3.05) is 63.7 Å². The fourth-order valence-corrected chi connectivity index (χ4v) is 10.3. The Kier molecular flexibility index (Phi) is 10.9. The van der Waals surface area contributed by atoms with Gasteiger partial charge >= 0.3 is 12.5 Å². The average Bonchev–Trinajstić information content (AvgIpc) is 3.33. The molecule has 0 bridgehead atoms. The fourth-order valence-electron chi connectivity index (χ4n) is 6.31. The van der Waals surface area contributed by atoms with Gasteiger partial charge in [0.1, 0.15) is 13.3 Å². The first kappa shape index (κ1) is 36.3. The van der Waals surface area contributed by atoms with Gasteiger partial charge in [-0.25, -0.2) is 4.39 Å². The second kappa shape index (κ2) is 14.5. The first-order chi connectivity index (χ1) is 22.5. The molecule has 0 amide bonds. The molecule has 2 fully saturated rings. The SMILES string of the molecule is CN1CC[C@H](Nc2cccc3c(CC(F)(F)F)c(C#CCNc4ccc(P5(=O)CCC(N(C)C)CC5)cc4OC(F)(F)F)sc23)[C@H](F)C1. The molecule has 0 spiro atoms. The number of fused-ring (bicyclic) bond motifs is 1. The number of nitrogens with one attached hydrogen (secondary N) is 2. The lowest BCUT2D eigenvalue weighted by Gasteiger charge is -2.33. The zero-order valence-corrected chi connectivity index (χ0v) is 28.5. The molecule has 15 heteroatoms. The maximum absolute atomic E-state index is 14.8. The predicted octanol–water partition coefficient (Wildman–Crippen LogP) is 7.53. The minimum atomic E-state index is -5.01. The van der Waals surface area contributed by atoms with Crippen molar-refractivity contribution in [3.8, 4) is 17.6 Å². The van der Waals surface area contributed by atoms with Crippen molar-refractivity contribution in [2.24, 2.45) is 0 Å². The fraction of sp³-hybridized carbons (Fsp3) is 0.515. The number of thiophene rings is 1. The molecule has 2 saturated heterocycles. The van der Waals surface area contributed by atoms with Crippen LogP contribution >= 0.6 is 18.5 Å². The molecule has 2 aliphatic rings. The quantitative estimate of drug-likeness (QED) is 0.143. The summed E-state index contributed by atoms with van der Waals surface area (Å²) in [5, 5.41) is 6.63. The summed E-state index contributed by atoms with van der Waals surface area (Å²) in [7, 11) is 2.76. The van der Waals surface area contributed by atoms with Crippen LogP contribution in [0.25, 0.3) is 10.1 Å². The molecule has 2 atom stereocenters. The molecule has 1 aromatic heterocycles. The van der Waals surface area contributed by atoms with Gasteiger partial charge in [0.05, 0.1) is 40.0 Å². The summed E-state index contributed by atoms with van der Waals surface area (Å²) in [6.07, 6.45) is -9.32. The molecule has 3 heterocycles. The summed E-state index contributed by atoms with van der Waals surface area (Å²) in [5.41, 5.74) is 0.461. The van der Waals surface area contributed by atoms with E-state index in [1.165, 1.54) is 12.1 Å². The van der Waals surface area contributed by atoms with E-state index < -0.39 is 44.1 Å². The molecule has 2 aromatic carbocycles. The van der Waals surface area contributed by atoms with Crippen molar-refractivity contribution in [3.63, 3.8) is 0 Å². The van der Waals surface area contributed by atoms with Gasteiger partial charge in [-0.15, -0.1) is 24.5 Å². The van der Waals surface area contributed by atoms with Crippen LogP contribution in [-0.4, -0.2) is 93.7 Å². The van der Waals surface area contributed by atoms with Crippen molar-refractivity contribution in [2.45, 2.75) is 56.5 Å². The predicted molar refractivity (Wildman–Crippen MR) is 178 cm³/mol. The molecule has 6 nitrogen and oxygen atoms in total. The van der Waals surface area contributed by atoms with Crippen molar-refractivity contribution in [1.29, 1.82) is 0 Å². The molecular formula is C33H38F7N4O2PS. The number of anilines is 2. The van der Waals surface area contributed by atoms with E-state index in [2.05, 4.69) is 27.2 Å². The molecule has 48 heavy (non-hydrogen) atoms. The maximum Gasteiger partial charge on any atom is 0.573 e. The van der Waals surface area contributed by atoms with Gasteiger partial charge in [-0.05, 0) is 75.6 Å². The summed E-state index contributed by atoms with van der Waals surface area (Å²) in [4.78, 5) is 4.09. The lowest BCUT2D eigenvalue weighted by molar-refractivity contribution is -0.274. The third-order valence-corrected chi connectivity index (χ3v) is 13.3. The van der Waals surface area contributed by atoms with Crippen LogP contribution in [0.5, 0.6) is 5.75 Å². The lowest BCUT2D eigenvalue weighted by Crippen LogP contribution is -2.46. The maximum atomic E-state index is 14.8. The van der Waals surface area contributed by atoms with Gasteiger partial charge in [0.2, 0.25) is 0 Å². The monoisotopic (exact) mass is 718 g/mol. The van der Waals surface area contributed by atoms with E-state index in [-0.39, 0.29) is 35.3 Å². The molecular weight excluding hydrogens is 680 g/mol. The van der Waals surface area contributed by atoms with Gasteiger partial charge in [-0.3, -0.25) is 0 Å². The van der Waals surface area contributed by atoms with E-state index in [9.17, 15) is 35.3 Å². The van der Waals surface area contributed by atoms with E-state index >= 15 is 0 Å². The smallest absolute Gasteiger partial charge is 0.404 e. The molecule has 2 N–H and O–H groups in total. The van der Waals surface area contributed by atoms with Gasteiger partial charge in [0.25, 0.3) is 0 Å². The second-order valence-corrected chi connectivity index (χ2v) is 16.8. The number of halogens is 7. The summed E-state index contributed by atoms with van der Waals surface area (Å²) in [6, 6.07) is 8.70. The number of hydrogen-bond donors (Lipinski definition) is 2. The third kappa shape index (κ3) is 8.97. The molecule has 262 valence electrons. The van der Waals surface area contributed by atoms with Crippen molar-refractivity contribution in [1.82, 2.24) is 9.80 Å². The van der Waals surface area contributed by atoms with Crippen LogP contribution in [-0.2, 0) is 11.0 Å². The standard InChI is InChI=1S/C33H38F7N4O2PS/c1-43(2)21-12-16-47(45,17-13-21)22-9-10-27(29(18-22)46-33(38,39)40)41-14-5-8-30-24(19-32(35,36)37)23-6-4-7-28(31(23)48-30)42-26-11-15-44(3)20-25(26)34/h4,6-7,9-10,18,21,25-26,41-42H,11-17,19-20H2,1-3H3/t21?,25-,26+,47?/m1/s1. The Labute approximate surface area is 279 Å². The number of nitrogens with zero attached hydrogens (tertiary/aromatic N) is 2. The first-order valence-electron chi connectivity index (χ1n) is 15.6. The molecule has 0 radical (unpaired) electrons. The van der Waals surface area contributed by atoms with Crippen LogP contribution in [0, 0.1) is 11.8 Å². The van der Waals surface area contributed by atoms with Gasteiger partial charge in [-0.1, -0.05) is 24.0 Å². The number of benzene rings is 2. The van der Waals surface area contributed by atoms with Gasteiger partial charge in [0, 0.05) is 36.8 Å². The average molecular weight is 719 g/mol. The van der Waals surface area contributed by atoms with Crippen LogP contribution in [0.1, 0.15) is 29.7 Å². The normalized spacial score (nSPS) is 23.9. The Balaban J connectivity index is 1.38. The second-order valence-electron chi connectivity index (χ2n) is 12.6. The number of ether oxygens (including phenoxy) is 1. The van der Waals surface area contributed by atoms with E-state index in [0.29, 0.717) is 59.2 Å². The number of hydrogen-bond acceptors (Lipinski definition) is 7. The zero-order valence-electron chi connectivity index (χ0n) is 26.8. The molecule has 2 aliphatic heterocycles. The minimum absolute atomic E-state index is 0.0158. The van der Waals surface area contributed by atoms with Crippen molar-refractivity contribution < 1.29 is 40.0 Å². The highest BCUT2D eigenvalue weighted by molar-refractivity contribution is 7.71. The topological polar surface area (TPSA) is 56.8 Å². The number of likely N-dealkylation sites (tertiary alicyclic amines) is 1. The Morgan fingerprint density at radius 1 is 1.06 bits per heavy atom. The molecule has 3 aromatic rings. The summed E-state index contributed by atoms with van der Waals surface area (Å²) in [5.74, 6) is 4.96. The Hall–Kier alpha value is -2.98. The Bertz CT molecular complexity index is 1700. The molecule has 0 aliphatic carbocycles. The van der Waals surface area contributed by atoms with Crippen LogP contribution in [0.2, 0.25) is 0 Å². The number of alkyl halides is 7. The highest BCUT2D eigenvalue weighted by Gasteiger charge is 2.36. The first-order valence-corrected chi connectivity index (χ1v) is 18.5. The van der Waals surface area contributed by atoms with Gasteiger partial charge in [-0.2, -0.15) is 13.2 Å².